The Labute approximate surface area is 123 Å². The number of hydrogen-bond acceptors (Lipinski definition) is 3. The van der Waals surface area contributed by atoms with Crippen molar-refractivity contribution in [2.24, 2.45) is 0 Å². The van der Waals surface area contributed by atoms with Crippen LogP contribution in [0.3, 0.4) is 0 Å². The van der Waals surface area contributed by atoms with Crippen LogP contribution in [0, 0.1) is 0 Å². The lowest BCUT2D eigenvalue weighted by Crippen LogP contribution is -2.32. The van der Waals surface area contributed by atoms with Crippen LogP contribution in [0.25, 0.3) is 10.9 Å². The van der Waals surface area contributed by atoms with Gasteiger partial charge in [-0.25, -0.2) is 4.98 Å². The maximum absolute atomic E-state index is 12.8. The fraction of sp³-hybridized carbons (Fsp3) is 0.471. The van der Waals surface area contributed by atoms with Crippen LogP contribution in [0.5, 0.6) is 0 Å². The van der Waals surface area contributed by atoms with Crippen molar-refractivity contribution in [3.8, 4) is 0 Å². The lowest BCUT2D eigenvalue weighted by Gasteiger charge is -2.26. The van der Waals surface area contributed by atoms with E-state index in [1.165, 1.54) is 6.42 Å². The molecule has 21 heavy (non-hydrogen) atoms. The second kappa shape index (κ2) is 5.80. The summed E-state index contributed by atoms with van der Waals surface area (Å²) in [4.78, 5) is 29.6. The summed E-state index contributed by atoms with van der Waals surface area (Å²) in [6.07, 6.45) is 5.74. The lowest BCUT2D eigenvalue weighted by molar-refractivity contribution is 0.0967. The van der Waals surface area contributed by atoms with Crippen LogP contribution in [0.1, 0.15) is 62.1 Å². The highest BCUT2D eigenvalue weighted by atomic mass is 16.1. The number of carbonyl (C=O) groups is 1. The zero-order chi connectivity index (χ0) is 14.8. The molecule has 4 nitrogen and oxygen atoms in total. The molecule has 1 aliphatic carbocycles. The zero-order valence-electron chi connectivity index (χ0n) is 12.3. The zero-order valence-corrected chi connectivity index (χ0v) is 12.3. The Balaban J connectivity index is 2.25. The first-order valence-corrected chi connectivity index (χ1v) is 7.77. The monoisotopic (exact) mass is 284 g/mol. The third-order valence-electron chi connectivity index (χ3n) is 4.32. The number of rotatable bonds is 3. The number of para-hydroxylation sites is 1. The van der Waals surface area contributed by atoms with Crippen molar-refractivity contribution in [3.63, 3.8) is 0 Å². The SMILES string of the molecule is CCC(=O)c1nc2ccccc2c(=O)n1C1CCCCC1. The molecule has 0 atom stereocenters. The first kappa shape index (κ1) is 14.0. The minimum atomic E-state index is -0.0655. The molecule has 0 saturated heterocycles. The van der Waals surface area contributed by atoms with Gasteiger partial charge in [0.05, 0.1) is 10.9 Å². The normalized spacial score (nSPS) is 16.2. The van der Waals surface area contributed by atoms with E-state index < -0.39 is 0 Å². The molecule has 1 fully saturated rings. The molecule has 2 aromatic rings. The molecule has 3 rings (SSSR count). The number of aromatic nitrogens is 2. The van der Waals surface area contributed by atoms with Gasteiger partial charge in [-0.1, -0.05) is 38.3 Å². The molecular weight excluding hydrogens is 264 g/mol. The lowest BCUT2D eigenvalue weighted by atomic mass is 9.95. The first-order valence-electron chi connectivity index (χ1n) is 7.77. The number of nitrogens with zero attached hydrogens (tertiary/aromatic N) is 2. The quantitative estimate of drug-likeness (QED) is 0.811. The van der Waals surface area contributed by atoms with Gasteiger partial charge in [0.15, 0.2) is 11.6 Å². The topological polar surface area (TPSA) is 52.0 Å². The summed E-state index contributed by atoms with van der Waals surface area (Å²) in [5.74, 6) is 0.288. The van der Waals surface area contributed by atoms with Crippen LogP contribution < -0.4 is 5.56 Å². The Kier molecular flexibility index (Phi) is 3.86. The fourth-order valence-corrected chi connectivity index (χ4v) is 3.18. The summed E-state index contributed by atoms with van der Waals surface area (Å²) in [6.45, 7) is 1.81. The third-order valence-corrected chi connectivity index (χ3v) is 4.32. The van der Waals surface area contributed by atoms with E-state index in [0.717, 1.165) is 25.7 Å². The van der Waals surface area contributed by atoms with E-state index in [1.54, 1.807) is 16.7 Å². The van der Waals surface area contributed by atoms with Gasteiger partial charge in [-0.2, -0.15) is 0 Å². The second-order valence-electron chi connectivity index (χ2n) is 5.70. The number of Topliss-reactive ketones (excluding diaryl/α,β-unsaturated/α-hetero) is 1. The van der Waals surface area contributed by atoms with Gasteiger partial charge in [0.25, 0.3) is 5.56 Å². The number of fused-ring (bicyclic) bond motifs is 1. The Bertz CT molecular complexity index is 727. The van der Waals surface area contributed by atoms with Gasteiger partial charge in [0, 0.05) is 12.5 Å². The summed E-state index contributed by atoms with van der Waals surface area (Å²) < 4.78 is 1.67. The molecule has 0 amide bonds. The van der Waals surface area contributed by atoms with Crippen LogP contribution >= 0.6 is 0 Å². The van der Waals surface area contributed by atoms with E-state index in [-0.39, 0.29) is 17.4 Å². The highest BCUT2D eigenvalue weighted by molar-refractivity contribution is 5.94. The maximum atomic E-state index is 12.8. The molecule has 1 aromatic carbocycles. The average molecular weight is 284 g/mol. The Morgan fingerprint density at radius 1 is 1.24 bits per heavy atom. The molecule has 1 heterocycles. The highest BCUT2D eigenvalue weighted by Gasteiger charge is 2.23. The van der Waals surface area contributed by atoms with Crippen molar-refractivity contribution < 1.29 is 4.79 Å². The molecule has 4 heteroatoms. The van der Waals surface area contributed by atoms with E-state index in [1.807, 2.05) is 19.1 Å². The summed E-state index contributed by atoms with van der Waals surface area (Å²) in [6, 6.07) is 7.41. The number of hydrogen-bond donors (Lipinski definition) is 0. The van der Waals surface area contributed by atoms with Gasteiger partial charge < -0.3 is 0 Å². The van der Waals surface area contributed by atoms with Crippen molar-refractivity contribution >= 4 is 16.7 Å². The van der Waals surface area contributed by atoms with Crippen LogP contribution in [0.4, 0.5) is 0 Å². The Morgan fingerprint density at radius 3 is 2.67 bits per heavy atom. The van der Waals surface area contributed by atoms with Gasteiger partial charge in [0.2, 0.25) is 0 Å². The Hall–Kier alpha value is -1.97. The van der Waals surface area contributed by atoms with Crippen LogP contribution in [0.2, 0.25) is 0 Å². The Morgan fingerprint density at radius 2 is 1.95 bits per heavy atom. The van der Waals surface area contributed by atoms with Gasteiger partial charge >= 0.3 is 0 Å². The summed E-state index contributed by atoms with van der Waals surface area (Å²) in [5, 5.41) is 0.607. The van der Waals surface area contributed by atoms with Gasteiger partial charge in [-0.3, -0.25) is 14.2 Å². The number of ketones is 1. The van der Waals surface area contributed by atoms with E-state index in [0.29, 0.717) is 23.1 Å². The molecule has 1 aromatic heterocycles. The fourth-order valence-electron chi connectivity index (χ4n) is 3.18. The molecule has 0 N–H and O–H groups in total. The second-order valence-corrected chi connectivity index (χ2v) is 5.70. The van der Waals surface area contributed by atoms with Crippen molar-refractivity contribution in [1.82, 2.24) is 9.55 Å². The third kappa shape index (κ3) is 2.50. The summed E-state index contributed by atoms with van der Waals surface area (Å²) in [7, 11) is 0. The van der Waals surface area contributed by atoms with Crippen molar-refractivity contribution in [2.75, 3.05) is 0 Å². The molecule has 0 radical (unpaired) electrons. The summed E-state index contributed by atoms with van der Waals surface area (Å²) in [5.41, 5.74) is 0.552. The van der Waals surface area contributed by atoms with Crippen LogP contribution in [0.15, 0.2) is 29.1 Å². The number of carbonyl (C=O) groups excluding carboxylic acids is 1. The van der Waals surface area contributed by atoms with E-state index in [2.05, 4.69) is 4.98 Å². The largest absolute Gasteiger partial charge is 0.291 e. The molecule has 0 spiro atoms. The predicted molar refractivity (Wildman–Crippen MR) is 82.7 cm³/mol. The molecule has 110 valence electrons. The van der Waals surface area contributed by atoms with E-state index in [9.17, 15) is 9.59 Å². The van der Waals surface area contributed by atoms with E-state index in [4.69, 9.17) is 0 Å². The molecule has 0 unspecified atom stereocenters. The van der Waals surface area contributed by atoms with Gasteiger partial charge in [0.1, 0.15) is 0 Å². The highest BCUT2D eigenvalue weighted by Crippen LogP contribution is 2.28. The van der Waals surface area contributed by atoms with Crippen LogP contribution in [-0.2, 0) is 0 Å². The van der Waals surface area contributed by atoms with Crippen molar-refractivity contribution in [1.29, 1.82) is 0 Å². The molecule has 0 aliphatic heterocycles. The molecule has 1 aliphatic rings. The van der Waals surface area contributed by atoms with Crippen LogP contribution in [-0.4, -0.2) is 15.3 Å². The van der Waals surface area contributed by atoms with Crippen molar-refractivity contribution in [2.45, 2.75) is 51.5 Å². The minimum Gasteiger partial charge on any atom is -0.291 e. The first-order chi connectivity index (χ1) is 10.2. The van der Waals surface area contributed by atoms with Crippen molar-refractivity contribution in [3.05, 3.63) is 40.4 Å². The average Bonchev–Trinajstić information content (AvgIpc) is 2.55. The smallest absolute Gasteiger partial charge is 0.261 e. The minimum absolute atomic E-state index is 0.0524. The summed E-state index contributed by atoms with van der Waals surface area (Å²) >= 11 is 0. The van der Waals surface area contributed by atoms with Gasteiger partial charge in [-0.05, 0) is 25.0 Å². The number of benzene rings is 1. The predicted octanol–water partition coefficient (Wildman–Crippen LogP) is 3.49. The standard InChI is InChI=1S/C17H20N2O2/c1-2-15(20)16-18-14-11-7-6-10-13(14)17(21)19(16)12-8-4-3-5-9-12/h6-7,10-12H,2-5,8-9H2,1H3. The maximum Gasteiger partial charge on any atom is 0.261 e. The molecular formula is C17H20N2O2. The van der Waals surface area contributed by atoms with Gasteiger partial charge in [-0.15, -0.1) is 0 Å². The van der Waals surface area contributed by atoms with E-state index >= 15 is 0 Å². The molecule has 1 saturated carbocycles. The molecule has 0 bridgehead atoms.